The van der Waals surface area contributed by atoms with Crippen LogP contribution in [0.25, 0.3) is 0 Å². The van der Waals surface area contributed by atoms with Gasteiger partial charge in [0, 0.05) is 44.9 Å². The number of nitrogens with one attached hydrogen (secondary N) is 2. The molecule has 1 heterocycles. The average Bonchev–Trinajstić information content (AvgIpc) is 2.36. The number of hydrogen-bond acceptors (Lipinski definition) is 4. The summed E-state index contributed by atoms with van der Waals surface area (Å²) in [6.45, 7) is 1.44. The minimum absolute atomic E-state index is 0.257. The number of halogens is 3. The zero-order valence-electron chi connectivity index (χ0n) is 10.9. The SMILES string of the molecule is CSCCC(=O)NCC(N1CCNCC1)C(F)(F)F. The van der Waals surface area contributed by atoms with E-state index in [-0.39, 0.29) is 18.9 Å². The third-order valence-electron chi connectivity index (χ3n) is 3.00. The molecule has 1 fully saturated rings. The smallest absolute Gasteiger partial charge is 0.354 e. The van der Waals surface area contributed by atoms with Crippen molar-refractivity contribution in [2.24, 2.45) is 0 Å². The lowest BCUT2D eigenvalue weighted by Crippen LogP contribution is -2.57. The molecule has 0 aromatic rings. The second-order valence-corrected chi connectivity index (χ2v) is 5.38. The summed E-state index contributed by atoms with van der Waals surface area (Å²) in [5.74, 6) is 0.301. The molecule has 8 heteroatoms. The van der Waals surface area contributed by atoms with Crippen LogP contribution in [-0.2, 0) is 4.79 Å². The second-order valence-electron chi connectivity index (χ2n) is 4.39. The zero-order chi connectivity index (χ0) is 14.3. The summed E-state index contributed by atoms with van der Waals surface area (Å²) < 4.78 is 39.0. The van der Waals surface area contributed by atoms with Crippen LogP contribution in [0.1, 0.15) is 6.42 Å². The van der Waals surface area contributed by atoms with Crippen molar-refractivity contribution < 1.29 is 18.0 Å². The van der Waals surface area contributed by atoms with Crippen molar-refractivity contribution in [2.45, 2.75) is 18.6 Å². The molecule has 4 nitrogen and oxygen atoms in total. The average molecular weight is 299 g/mol. The molecule has 0 bridgehead atoms. The van der Waals surface area contributed by atoms with Crippen LogP contribution >= 0.6 is 11.8 Å². The van der Waals surface area contributed by atoms with E-state index in [0.29, 0.717) is 31.9 Å². The van der Waals surface area contributed by atoms with E-state index >= 15 is 0 Å². The molecule has 0 aromatic carbocycles. The predicted octanol–water partition coefficient (Wildman–Crippen LogP) is 0.692. The first-order valence-corrected chi connectivity index (χ1v) is 7.61. The van der Waals surface area contributed by atoms with Gasteiger partial charge in [-0.2, -0.15) is 24.9 Å². The lowest BCUT2D eigenvalue weighted by molar-refractivity contribution is -0.184. The summed E-state index contributed by atoms with van der Waals surface area (Å²) in [7, 11) is 0. The summed E-state index contributed by atoms with van der Waals surface area (Å²) in [5, 5.41) is 5.40. The van der Waals surface area contributed by atoms with Crippen molar-refractivity contribution in [2.75, 3.05) is 44.7 Å². The summed E-state index contributed by atoms with van der Waals surface area (Å²) in [4.78, 5) is 12.8. The highest BCUT2D eigenvalue weighted by Gasteiger charge is 2.43. The second kappa shape index (κ2) is 7.96. The molecule has 1 unspecified atom stereocenters. The molecule has 1 aliphatic rings. The first kappa shape index (κ1) is 16.6. The Kier molecular flexibility index (Phi) is 6.95. The van der Waals surface area contributed by atoms with Gasteiger partial charge >= 0.3 is 6.18 Å². The van der Waals surface area contributed by atoms with E-state index in [1.165, 1.54) is 16.7 Å². The molecule has 0 aliphatic carbocycles. The third kappa shape index (κ3) is 6.01. The topological polar surface area (TPSA) is 44.4 Å². The van der Waals surface area contributed by atoms with Gasteiger partial charge in [0.2, 0.25) is 5.91 Å². The van der Waals surface area contributed by atoms with Crippen molar-refractivity contribution in [3.8, 4) is 0 Å². The van der Waals surface area contributed by atoms with Crippen molar-refractivity contribution >= 4 is 17.7 Å². The molecule has 1 saturated heterocycles. The molecular weight excluding hydrogens is 279 g/mol. The van der Waals surface area contributed by atoms with Crippen LogP contribution in [0.3, 0.4) is 0 Å². The Morgan fingerprint density at radius 3 is 2.58 bits per heavy atom. The Bertz CT molecular complexity index is 283. The molecule has 0 spiro atoms. The molecular formula is C11H20F3N3OS. The largest absolute Gasteiger partial charge is 0.405 e. The van der Waals surface area contributed by atoms with Gasteiger partial charge in [-0.15, -0.1) is 0 Å². The first-order chi connectivity index (χ1) is 8.95. The van der Waals surface area contributed by atoms with Crippen molar-refractivity contribution in [1.82, 2.24) is 15.5 Å². The van der Waals surface area contributed by atoms with Crippen LogP contribution in [0.2, 0.25) is 0 Å². The lowest BCUT2D eigenvalue weighted by Gasteiger charge is -2.35. The molecule has 1 rings (SSSR count). The Hall–Kier alpha value is -0.470. The van der Waals surface area contributed by atoms with Gasteiger partial charge in [-0.25, -0.2) is 0 Å². The highest BCUT2D eigenvalue weighted by atomic mass is 32.2. The molecule has 112 valence electrons. The van der Waals surface area contributed by atoms with Gasteiger partial charge in [0.05, 0.1) is 0 Å². The molecule has 1 aliphatic heterocycles. The minimum atomic E-state index is -4.32. The Morgan fingerprint density at radius 2 is 2.05 bits per heavy atom. The highest BCUT2D eigenvalue weighted by Crippen LogP contribution is 2.24. The van der Waals surface area contributed by atoms with E-state index in [1.807, 2.05) is 6.26 Å². The third-order valence-corrected chi connectivity index (χ3v) is 3.61. The fourth-order valence-electron chi connectivity index (χ4n) is 1.94. The normalized spacial score (nSPS) is 19.2. The van der Waals surface area contributed by atoms with E-state index in [4.69, 9.17) is 0 Å². The number of rotatable bonds is 6. The maximum Gasteiger partial charge on any atom is 0.405 e. The van der Waals surface area contributed by atoms with Crippen molar-refractivity contribution in [3.05, 3.63) is 0 Å². The van der Waals surface area contributed by atoms with Gasteiger partial charge in [-0.1, -0.05) is 0 Å². The van der Waals surface area contributed by atoms with E-state index in [9.17, 15) is 18.0 Å². The number of alkyl halides is 3. The number of nitrogens with zero attached hydrogens (tertiary/aromatic N) is 1. The number of hydrogen-bond donors (Lipinski definition) is 2. The van der Waals surface area contributed by atoms with Gasteiger partial charge in [0.1, 0.15) is 6.04 Å². The molecule has 1 atom stereocenters. The number of amides is 1. The van der Waals surface area contributed by atoms with Gasteiger partial charge in [-0.05, 0) is 6.26 Å². The lowest BCUT2D eigenvalue weighted by atomic mass is 10.2. The van der Waals surface area contributed by atoms with Gasteiger partial charge in [0.15, 0.2) is 0 Å². The molecule has 1 amide bonds. The van der Waals surface area contributed by atoms with Gasteiger partial charge in [0.25, 0.3) is 0 Å². The maximum absolute atomic E-state index is 13.0. The van der Waals surface area contributed by atoms with E-state index in [1.54, 1.807) is 0 Å². The Labute approximate surface area is 115 Å². The fraction of sp³-hybridized carbons (Fsp3) is 0.909. The van der Waals surface area contributed by atoms with Crippen LogP contribution in [0.4, 0.5) is 13.2 Å². The number of thioether (sulfide) groups is 1. The molecule has 2 N–H and O–H groups in total. The Morgan fingerprint density at radius 1 is 1.42 bits per heavy atom. The van der Waals surface area contributed by atoms with Crippen molar-refractivity contribution in [3.63, 3.8) is 0 Å². The van der Waals surface area contributed by atoms with Crippen LogP contribution in [0.15, 0.2) is 0 Å². The van der Waals surface area contributed by atoms with Crippen LogP contribution in [0.5, 0.6) is 0 Å². The highest BCUT2D eigenvalue weighted by molar-refractivity contribution is 7.98. The van der Waals surface area contributed by atoms with Crippen LogP contribution in [0, 0.1) is 0 Å². The molecule has 0 saturated carbocycles. The first-order valence-electron chi connectivity index (χ1n) is 6.22. The quantitative estimate of drug-likeness (QED) is 0.757. The molecule has 0 aromatic heterocycles. The van der Waals surface area contributed by atoms with Gasteiger partial charge in [-0.3, -0.25) is 9.69 Å². The minimum Gasteiger partial charge on any atom is -0.354 e. The standard InChI is InChI=1S/C11H20F3N3OS/c1-19-7-2-10(18)16-8-9(11(12,13)14)17-5-3-15-4-6-17/h9,15H,2-8H2,1H3,(H,16,18). The van der Waals surface area contributed by atoms with Gasteiger partial charge < -0.3 is 10.6 Å². The summed E-state index contributed by atoms with van der Waals surface area (Å²) in [6.07, 6.45) is -2.20. The molecule has 19 heavy (non-hydrogen) atoms. The fourth-order valence-corrected chi connectivity index (χ4v) is 2.33. The van der Waals surface area contributed by atoms with Crippen LogP contribution < -0.4 is 10.6 Å². The van der Waals surface area contributed by atoms with Crippen LogP contribution in [-0.4, -0.2) is 67.8 Å². The summed E-state index contributed by atoms with van der Waals surface area (Å²) in [6, 6.07) is -1.59. The van der Waals surface area contributed by atoms with E-state index < -0.39 is 12.2 Å². The summed E-state index contributed by atoms with van der Waals surface area (Å²) >= 11 is 1.50. The Balaban J connectivity index is 2.48. The zero-order valence-corrected chi connectivity index (χ0v) is 11.7. The summed E-state index contributed by atoms with van der Waals surface area (Å²) in [5.41, 5.74) is 0. The van der Waals surface area contributed by atoms with Crippen molar-refractivity contribution in [1.29, 1.82) is 0 Å². The number of carbonyl (C=O) groups excluding carboxylic acids is 1. The maximum atomic E-state index is 13.0. The predicted molar refractivity (Wildman–Crippen MR) is 70.3 cm³/mol. The molecule has 0 radical (unpaired) electrons. The number of piperazine rings is 1. The van der Waals surface area contributed by atoms with E-state index in [0.717, 1.165) is 0 Å². The van der Waals surface area contributed by atoms with E-state index in [2.05, 4.69) is 10.6 Å². The monoisotopic (exact) mass is 299 g/mol. The number of carbonyl (C=O) groups is 1.